The summed E-state index contributed by atoms with van der Waals surface area (Å²) in [5.41, 5.74) is -0.220. The maximum Gasteiger partial charge on any atom is 0.433 e. The monoisotopic (exact) mass is 259 g/mol. The second-order valence-electron chi connectivity index (χ2n) is 4.45. The molecule has 0 aromatic carbocycles. The summed E-state index contributed by atoms with van der Waals surface area (Å²) in [5.74, 6) is 0. The largest absolute Gasteiger partial charge is 0.433 e. The average molecular weight is 259 g/mol. The maximum atomic E-state index is 12.6. The van der Waals surface area contributed by atoms with E-state index >= 15 is 0 Å². The van der Waals surface area contributed by atoms with Crippen molar-refractivity contribution < 1.29 is 13.2 Å². The number of rotatable bonds is 2. The Labute approximate surface area is 104 Å². The van der Waals surface area contributed by atoms with E-state index in [1.54, 1.807) is 6.07 Å². The summed E-state index contributed by atoms with van der Waals surface area (Å²) in [4.78, 5) is 5.35. The number of anilines is 1. The Bertz CT molecular complexity index is 398. The normalized spacial score (nSPS) is 18.1. The highest BCUT2D eigenvalue weighted by atomic mass is 19.4. The molecule has 100 valence electrons. The SMILES string of the molecule is CNC1CCN(c2ccnc(C(F)(F)F)c2)CC1. The van der Waals surface area contributed by atoms with Crippen LogP contribution in [-0.2, 0) is 6.18 Å². The van der Waals surface area contributed by atoms with Gasteiger partial charge < -0.3 is 10.2 Å². The van der Waals surface area contributed by atoms with Crippen molar-refractivity contribution in [3.63, 3.8) is 0 Å². The van der Waals surface area contributed by atoms with E-state index in [1.165, 1.54) is 6.20 Å². The summed E-state index contributed by atoms with van der Waals surface area (Å²) in [6, 6.07) is 3.22. The first-order valence-electron chi connectivity index (χ1n) is 5.96. The van der Waals surface area contributed by atoms with Crippen molar-refractivity contribution in [1.29, 1.82) is 0 Å². The van der Waals surface area contributed by atoms with Gasteiger partial charge in [0.25, 0.3) is 0 Å². The molecule has 1 aliphatic heterocycles. The fraction of sp³-hybridized carbons (Fsp3) is 0.583. The Balaban J connectivity index is 2.10. The van der Waals surface area contributed by atoms with Gasteiger partial charge in [-0.25, -0.2) is 0 Å². The van der Waals surface area contributed by atoms with E-state index in [1.807, 2.05) is 11.9 Å². The molecular formula is C12H16F3N3. The van der Waals surface area contributed by atoms with Gasteiger partial charge in [0, 0.05) is 31.0 Å². The first-order valence-corrected chi connectivity index (χ1v) is 5.96. The van der Waals surface area contributed by atoms with Crippen molar-refractivity contribution in [2.75, 3.05) is 25.0 Å². The third kappa shape index (κ3) is 2.93. The molecule has 1 aromatic heterocycles. The number of alkyl halides is 3. The summed E-state index contributed by atoms with van der Waals surface area (Å²) in [7, 11) is 1.91. The quantitative estimate of drug-likeness (QED) is 0.883. The van der Waals surface area contributed by atoms with Crippen LogP contribution in [0.25, 0.3) is 0 Å². The van der Waals surface area contributed by atoms with Gasteiger partial charge in [-0.15, -0.1) is 0 Å². The number of hydrogen-bond donors (Lipinski definition) is 1. The zero-order chi connectivity index (χ0) is 13.2. The Morgan fingerprint density at radius 1 is 1.33 bits per heavy atom. The summed E-state index contributed by atoms with van der Waals surface area (Å²) >= 11 is 0. The van der Waals surface area contributed by atoms with Gasteiger partial charge in [-0.1, -0.05) is 0 Å². The van der Waals surface area contributed by atoms with Crippen LogP contribution < -0.4 is 10.2 Å². The predicted octanol–water partition coefficient (Wildman–Crippen LogP) is 2.29. The van der Waals surface area contributed by atoms with Crippen LogP contribution in [0.3, 0.4) is 0 Å². The van der Waals surface area contributed by atoms with Crippen LogP contribution in [0.2, 0.25) is 0 Å². The molecule has 1 fully saturated rings. The fourth-order valence-corrected chi connectivity index (χ4v) is 2.20. The first kappa shape index (κ1) is 13.1. The number of aromatic nitrogens is 1. The van der Waals surface area contributed by atoms with E-state index in [2.05, 4.69) is 10.3 Å². The van der Waals surface area contributed by atoms with Gasteiger partial charge in [-0.3, -0.25) is 4.98 Å². The number of piperidine rings is 1. The molecular weight excluding hydrogens is 243 g/mol. The van der Waals surface area contributed by atoms with Crippen LogP contribution in [-0.4, -0.2) is 31.2 Å². The summed E-state index contributed by atoms with van der Waals surface area (Å²) < 4.78 is 37.7. The third-order valence-electron chi connectivity index (χ3n) is 3.30. The molecule has 6 heteroatoms. The van der Waals surface area contributed by atoms with Gasteiger partial charge >= 0.3 is 6.18 Å². The van der Waals surface area contributed by atoms with Crippen molar-refractivity contribution in [2.24, 2.45) is 0 Å². The van der Waals surface area contributed by atoms with Crippen molar-refractivity contribution in [3.8, 4) is 0 Å². The molecule has 0 atom stereocenters. The highest BCUT2D eigenvalue weighted by Gasteiger charge is 2.33. The molecule has 0 amide bonds. The third-order valence-corrected chi connectivity index (χ3v) is 3.30. The molecule has 3 nitrogen and oxygen atoms in total. The van der Waals surface area contributed by atoms with E-state index in [4.69, 9.17) is 0 Å². The lowest BCUT2D eigenvalue weighted by Gasteiger charge is -2.33. The second-order valence-corrected chi connectivity index (χ2v) is 4.45. The lowest BCUT2D eigenvalue weighted by atomic mass is 10.0. The van der Waals surface area contributed by atoms with Crippen molar-refractivity contribution in [1.82, 2.24) is 10.3 Å². The van der Waals surface area contributed by atoms with Crippen LogP contribution in [0, 0.1) is 0 Å². The smallest absolute Gasteiger partial charge is 0.371 e. The van der Waals surface area contributed by atoms with Gasteiger partial charge in [-0.2, -0.15) is 13.2 Å². The Kier molecular flexibility index (Phi) is 3.75. The standard InChI is InChI=1S/C12H16F3N3/c1-16-9-3-6-18(7-4-9)10-2-5-17-11(8-10)12(13,14)15/h2,5,8-9,16H,3-4,6-7H2,1H3. The zero-order valence-electron chi connectivity index (χ0n) is 10.2. The number of pyridine rings is 1. The van der Waals surface area contributed by atoms with E-state index in [-0.39, 0.29) is 0 Å². The van der Waals surface area contributed by atoms with E-state index in [9.17, 15) is 13.2 Å². The lowest BCUT2D eigenvalue weighted by Crippen LogP contribution is -2.41. The molecule has 0 bridgehead atoms. The van der Waals surface area contributed by atoms with E-state index in [0.29, 0.717) is 11.7 Å². The Hall–Kier alpha value is -1.30. The van der Waals surface area contributed by atoms with E-state index < -0.39 is 11.9 Å². The zero-order valence-corrected chi connectivity index (χ0v) is 10.2. The summed E-state index contributed by atoms with van der Waals surface area (Å²) in [5, 5.41) is 3.19. The minimum Gasteiger partial charge on any atom is -0.371 e. The number of nitrogens with one attached hydrogen (secondary N) is 1. The van der Waals surface area contributed by atoms with Crippen molar-refractivity contribution in [3.05, 3.63) is 24.0 Å². The summed E-state index contributed by atoms with van der Waals surface area (Å²) in [6.07, 6.45) is -1.26. The molecule has 0 unspecified atom stereocenters. The molecule has 0 saturated carbocycles. The van der Waals surface area contributed by atoms with E-state index in [0.717, 1.165) is 32.0 Å². The number of nitrogens with zero attached hydrogens (tertiary/aromatic N) is 2. The minimum atomic E-state index is -4.38. The molecule has 0 spiro atoms. The molecule has 2 rings (SSSR count). The molecule has 0 radical (unpaired) electrons. The first-order chi connectivity index (χ1) is 8.50. The molecule has 18 heavy (non-hydrogen) atoms. The lowest BCUT2D eigenvalue weighted by molar-refractivity contribution is -0.141. The van der Waals surface area contributed by atoms with Crippen LogP contribution in [0.5, 0.6) is 0 Å². The highest BCUT2D eigenvalue weighted by molar-refractivity contribution is 5.47. The van der Waals surface area contributed by atoms with Crippen LogP contribution in [0.15, 0.2) is 18.3 Å². The minimum absolute atomic E-state index is 0.463. The highest BCUT2D eigenvalue weighted by Crippen LogP contribution is 2.30. The molecule has 1 saturated heterocycles. The van der Waals surface area contributed by atoms with Gasteiger partial charge in [0.2, 0.25) is 0 Å². The Morgan fingerprint density at radius 2 is 2.00 bits per heavy atom. The number of halogens is 3. The predicted molar refractivity (Wildman–Crippen MR) is 63.5 cm³/mol. The topological polar surface area (TPSA) is 28.2 Å². The molecule has 0 aliphatic carbocycles. The van der Waals surface area contributed by atoms with Gasteiger partial charge in [-0.05, 0) is 32.0 Å². The summed E-state index contributed by atoms with van der Waals surface area (Å²) in [6.45, 7) is 1.54. The van der Waals surface area contributed by atoms with Crippen LogP contribution in [0.4, 0.5) is 18.9 Å². The van der Waals surface area contributed by atoms with Gasteiger partial charge in [0.15, 0.2) is 0 Å². The van der Waals surface area contributed by atoms with Crippen LogP contribution in [0.1, 0.15) is 18.5 Å². The Morgan fingerprint density at radius 3 is 2.56 bits per heavy atom. The van der Waals surface area contributed by atoms with Gasteiger partial charge in [0.05, 0.1) is 0 Å². The molecule has 1 aliphatic rings. The number of hydrogen-bond acceptors (Lipinski definition) is 3. The van der Waals surface area contributed by atoms with Crippen molar-refractivity contribution in [2.45, 2.75) is 25.1 Å². The van der Waals surface area contributed by atoms with Gasteiger partial charge in [0.1, 0.15) is 5.69 Å². The van der Waals surface area contributed by atoms with Crippen LogP contribution >= 0.6 is 0 Å². The molecule has 1 N–H and O–H groups in total. The maximum absolute atomic E-state index is 12.6. The average Bonchev–Trinajstić information content (AvgIpc) is 2.38. The second kappa shape index (κ2) is 5.14. The van der Waals surface area contributed by atoms with Crippen molar-refractivity contribution >= 4 is 5.69 Å². The fourth-order valence-electron chi connectivity index (χ4n) is 2.20. The molecule has 1 aromatic rings. The molecule has 2 heterocycles.